The molecular weight excluding hydrogens is 222 g/mol. The summed E-state index contributed by atoms with van der Waals surface area (Å²) >= 11 is 0. The van der Waals surface area contributed by atoms with Crippen LogP contribution in [0.2, 0.25) is 0 Å². The fourth-order valence-corrected chi connectivity index (χ4v) is 2.87. The maximum absolute atomic E-state index is 5.99. The first-order valence-electron chi connectivity index (χ1n) is 7.28. The van der Waals surface area contributed by atoms with Crippen LogP contribution in [-0.2, 0) is 11.2 Å². The highest BCUT2D eigenvalue weighted by atomic mass is 16.5. The van der Waals surface area contributed by atoms with Crippen molar-refractivity contribution in [2.45, 2.75) is 51.7 Å². The van der Waals surface area contributed by atoms with Crippen LogP contribution in [0.4, 0.5) is 0 Å². The highest BCUT2D eigenvalue weighted by Gasteiger charge is 2.23. The monoisotopic (exact) mass is 247 g/mol. The van der Waals surface area contributed by atoms with E-state index in [0.29, 0.717) is 6.04 Å². The Kier molecular flexibility index (Phi) is 5.21. The summed E-state index contributed by atoms with van der Waals surface area (Å²) in [5.74, 6) is 0. The second-order valence-electron chi connectivity index (χ2n) is 5.09. The van der Waals surface area contributed by atoms with Crippen LogP contribution >= 0.6 is 0 Å². The molecule has 100 valence electrons. The molecule has 0 spiro atoms. The molecule has 2 atom stereocenters. The van der Waals surface area contributed by atoms with E-state index in [1.165, 1.54) is 24.0 Å². The lowest BCUT2D eigenvalue weighted by atomic mass is 9.92. The summed E-state index contributed by atoms with van der Waals surface area (Å²) in [5, 5.41) is 3.58. The maximum atomic E-state index is 5.99. The Balaban J connectivity index is 2.05. The Hall–Kier alpha value is -0.860. The van der Waals surface area contributed by atoms with Crippen LogP contribution in [0.25, 0.3) is 0 Å². The molecule has 1 aliphatic heterocycles. The van der Waals surface area contributed by atoms with E-state index in [9.17, 15) is 0 Å². The van der Waals surface area contributed by atoms with Crippen molar-refractivity contribution in [3.05, 3.63) is 35.4 Å². The number of benzene rings is 1. The summed E-state index contributed by atoms with van der Waals surface area (Å²) in [4.78, 5) is 0. The van der Waals surface area contributed by atoms with Crippen LogP contribution in [0.15, 0.2) is 24.3 Å². The van der Waals surface area contributed by atoms with Gasteiger partial charge in [0.2, 0.25) is 0 Å². The minimum Gasteiger partial charge on any atom is -0.373 e. The zero-order chi connectivity index (χ0) is 12.8. The Bertz CT molecular complexity index is 358. The van der Waals surface area contributed by atoms with Crippen LogP contribution in [-0.4, -0.2) is 19.2 Å². The number of hydrogen-bond donors (Lipinski definition) is 1. The molecule has 2 unspecified atom stereocenters. The minimum absolute atomic E-state index is 0.283. The molecule has 0 aliphatic carbocycles. The van der Waals surface area contributed by atoms with Gasteiger partial charge in [0, 0.05) is 6.04 Å². The van der Waals surface area contributed by atoms with Gasteiger partial charge >= 0.3 is 0 Å². The van der Waals surface area contributed by atoms with Crippen molar-refractivity contribution in [2.24, 2.45) is 0 Å². The number of hydrogen-bond acceptors (Lipinski definition) is 2. The Morgan fingerprint density at radius 2 is 2.17 bits per heavy atom. The zero-order valence-corrected chi connectivity index (χ0v) is 11.6. The van der Waals surface area contributed by atoms with E-state index in [-0.39, 0.29) is 6.10 Å². The van der Waals surface area contributed by atoms with E-state index in [1.54, 1.807) is 0 Å². The van der Waals surface area contributed by atoms with Crippen molar-refractivity contribution in [3.8, 4) is 0 Å². The van der Waals surface area contributed by atoms with Crippen molar-refractivity contribution in [2.75, 3.05) is 13.2 Å². The normalized spacial score (nSPS) is 20.4. The van der Waals surface area contributed by atoms with Gasteiger partial charge in [-0.05, 0) is 36.9 Å². The predicted octanol–water partition coefficient (Wildman–Crippen LogP) is 3.47. The quantitative estimate of drug-likeness (QED) is 0.831. The lowest BCUT2D eigenvalue weighted by molar-refractivity contribution is 0.0289. The van der Waals surface area contributed by atoms with E-state index >= 15 is 0 Å². The SMILES string of the molecule is CCCC(CC1OCCc2ccccc21)NCC. The van der Waals surface area contributed by atoms with Crippen molar-refractivity contribution < 1.29 is 4.74 Å². The summed E-state index contributed by atoms with van der Waals surface area (Å²) in [6.45, 7) is 6.34. The smallest absolute Gasteiger partial charge is 0.0842 e. The lowest BCUT2D eigenvalue weighted by Gasteiger charge is -2.29. The highest BCUT2D eigenvalue weighted by Crippen LogP contribution is 2.31. The summed E-state index contributed by atoms with van der Waals surface area (Å²) in [5.41, 5.74) is 2.88. The van der Waals surface area contributed by atoms with E-state index in [4.69, 9.17) is 4.74 Å². The van der Waals surface area contributed by atoms with E-state index in [0.717, 1.165) is 26.0 Å². The third kappa shape index (κ3) is 3.33. The molecule has 0 aromatic heterocycles. The van der Waals surface area contributed by atoms with Gasteiger partial charge in [-0.1, -0.05) is 44.5 Å². The molecule has 1 aromatic rings. The van der Waals surface area contributed by atoms with Gasteiger partial charge in [0.15, 0.2) is 0 Å². The number of ether oxygens (including phenoxy) is 1. The molecule has 1 heterocycles. The average molecular weight is 247 g/mol. The maximum Gasteiger partial charge on any atom is 0.0842 e. The van der Waals surface area contributed by atoms with Crippen LogP contribution < -0.4 is 5.32 Å². The standard InChI is InChI=1S/C16H25NO/c1-3-7-14(17-4-2)12-16-15-9-6-5-8-13(15)10-11-18-16/h5-6,8-9,14,16-17H,3-4,7,10-12H2,1-2H3. The van der Waals surface area contributed by atoms with Crippen molar-refractivity contribution in [1.82, 2.24) is 5.32 Å². The fourth-order valence-electron chi connectivity index (χ4n) is 2.87. The van der Waals surface area contributed by atoms with Crippen LogP contribution in [0.1, 0.15) is 50.3 Å². The molecule has 1 aliphatic rings. The third-order valence-electron chi connectivity index (χ3n) is 3.72. The van der Waals surface area contributed by atoms with Crippen molar-refractivity contribution in [1.29, 1.82) is 0 Å². The van der Waals surface area contributed by atoms with E-state index in [2.05, 4.69) is 43.4 Å². The molecule has 2 nitrogen and oxygen atoms in total. The fraction of sp³-hybridized carbons (Fsp3) is 0.625. The Labute approximate surface area is 111 Å². The van der Waals surface area contributed by atoms with Crippen LogP contribution in [0.3, 0.4) is 0 Å². The molecule has 0 saturated heterocycles. The second kappa shape index (κ2) is 6.91. The van der Waals surface area contributed by atoms with Gasteiger partial charge in [0.25, 0.3) is 0 Å². The largest absolute Gasteiger partial charge is 0.373 e. The van der Waals surface area contributed by atoms with Gasteiger partial charge in [-0.3, -0.25) is 0 Å². The first kappa shape index (κ1) is 13.6. The summed E-state index contributed by atoms with van der Waals surface area (Å²) in [6, 6.07) is 9.31. The van der Waals surface area contributed by atoms with Crippen LogP contribution in [0.5, 0.6) is 0 Å². The van der Waals surface area contributed by atoms with Gasteiger partial charge < -0.3 is 10.1 Å². The van der Waals surface area contributed by atoms with E-state index in [1.807, 2.05) is 0 Å². The molecule has 18 heavy (non-hydrogen) atoms. The number of nitrogens with one attached hydrogen (secondary N) is 1. The van der Waals surface area contributed by atoms with Gasteiger partial charge in [-0.2, -0.15) is 0 Å². The Morgan fingerprint density at radius 1 is 1.33 bits per heavy atom. The number of rotatable bonds is 6. The van der Waals surface area contributed by atoms with Gasteiger partial charge in [0.1, 0.15) is 0 Å². The molecule has 2 heteroatoms. The van der Waals surface area contributed by atoms with Crippen molar-refractivity contribution in [3.63, 3.8) is 0 Å². The highest BCUT2D eigenvalue weighted by molar-refractivity contribution is 5.31. The first-order valence-corrected chi connectivity index (χ1v) is 7.28. The molecule has 1 aromatic carbocycles. The van der Waals surface area contributed by atoms with Gasteiger partial charge in [-0.25, -0.2) is 0 Å². The molecule has 1 N–H and O–H groups in total. The predicted molar refractivity (Wildman–Crippen MR) is 75.8 cm³/mol. The first-order chi connectivity index (χ1) is 8.85. The van der Waals surface area contributed by atoms with Gasteiger partial charge in [0.05, 0.1) is 12.7 Å². The molecule has 0 amide bonds. The molecule has 0 bridgehead atoms. The van der Waals surface area contributed by atoms with Gasteiger partial charge in [-0.15, -0.1) is 0 Å². The van der Waals surface area contributed by atoms with Crippen molar-refractivity contribution >= 4 is 0 Å². The Morgan fingerprint density at radius 3 is 2.94 bits per heavy atom. The number of fused-ring (bicyclic) bond motifs is 1. The van der Waals surface area contributed by atoms with E-state index < -0.39 is 0 Å². The third-order valence-corrected chi connectivity index (χ3v) is 3.72. The molecule has 0 radical (unpaired) electrons. The molecule has 0 fully saturated rings. The summed E-state index contributed by atoms with van der Waals surface area (Å²) in [7, 11) is 0. The topological polar surface area (TPSA) is 21.3 Å². The lowest BCUT2D eigenvalue weighted by Crippen LogP contribution is -2.32. The molecule has 0 saturated carbocycles. The zero-order valence-electron chi connectivity index (χ0n) is 11.6. The summed E-state index contributed by atoms with van der Waals surface area (Å²) in [6.07, 6.45) is 4.90. The summed E-state index contributed by atoms with van der Waals surface area (Å²) < 4.78 is 5.99. The molecule has 2 rings (SSSR count). The molecular formula is C16H25NO. The van der Waals surface area contributed by atoms with Crippen LogP contribution in [0, 0.1) is 0 Å². The minimum atomic E-state index is 0.283. The second-order valence-corrected chi connectivity index (χ2v) is 5.09. The average Bonchev–Trinajstić information content (AvgIpc) is 2.40.